The molecule has 7 heteroatoms. The molecule has 1 heterocycles. The van der Waals surface area contributed by atoms with Gasteiger partial charge < -0.3 is 20.7 Å². The van der Waals surface area contributed by atoms with Crippen LogP contribution in [0.2, 0.25) is 0 Å². The van der Waals surface area contributed by atoms with Crippen LogP contribution in [0, 0.1) is 6.92 Å². The number of anilines is 2. The van der Waals surface area contributed by atoms with E-state index < -0.39 is 0 Å². The Balaban J connectivity index is 1.83. The average Bonchev–Trinajstić information content (AvgIpc) is 2.58. The van der Waals surface area contributed by atoms with E-state index in [2.05, 4.69) is 25.9 Å². The largest absolute Gasteiger partial charge is 0.497 e. The monoisotopic (exact) mass is 329 g/mol. The van der Waals surface area contributed by atoms with Gasteiger partial charge in [-0.15, -0.1) is 0 Å². The summed E-state index contributed by atoms with van der Waals surface area (Å²) < 4.78 is 5.12. The van der Waals surface area contributed by atoms with Crippen molar-refractivity contribution in [1.29, 1.82) is 0 Å². The summed E-state index contributed by atoms with van der Waals surface area (Å²) in [7, 11) is 1.58. The zero-order valence-corrected chi connectivity index (χ0v) is 14.2. The zero-order valence-electron chi connectivity index (χ0n) is 14.2. The van der Waals surface area contributed by atoms with Crippen LogP contribution < -0.4 is 20.7 Å². The second-order valence-electron chi connectivity index (χ2n) is 5.16. The third-order valence-electron chi connectivity index (χ3n) is 3.24. The first-order chi connectivity index (χ1) is 11.6. The van der Waals surface area contributed by atoms with Crippen LogP contribution >= 0.6 is 0 Å². The summed E-state index contributed by atoms with van der Waals surface area (Å²) in [5.74, 6) is 1.85. The van der Waals surface area contributed by atoms with Crippen LogP contribution in [0.5, 0.6) is 5.75 Å². The number of carbonyl (C=O) groups excluding carboxylic acids is 1. The van der Waals surface area contributed by atoms with E-state index in [0.29, 0.717) is 30.4 Å². The standard InChI is InChI=1S/C17H23N5O2/c1-4-18-17-21-12(2)10-15(22-17)19-8-9-20-16(23)13-6-5-7-14(11-13)24-3/h5-7,10-11H,4,8-9H2,1-3H3,(H,20,23)(H2,18,19,21,22). The number of ether oxygens (including phenoxy) is 1. The van der Waals surface area contributed by atoms with Crippen LogP contribution in [0.1, 0.15) is 23.0 Å². The Kier molecular flexibility index (Phi) is 6.36. The molecule has 0 saturated heterocycles. The van der Waals surface area contributed by atoms with Crippen molar-refractivity contribution in [3.63, 3.8) is 0 Å². The van der Waals surface area contributed by atoms with Gasteiger partial charge in [-0.3, -0.25) is 4.79 Å². The fraction of sp³-hybridized carbons (Fsp3) is 0.353. The van der Waals surface area contributed by atoms with Crippen molar-refractivity contribution in [2.75, 3.05) is 37.4 Å². The number of benzene rings is 1. The summed E-state index contributed by atoms with van der Waals surface area (Å²) in [4.78, 5) is 20.7. The fourth-order valence-corrected chi connectivity index (χ4v) is 2.13. The predicted molar refractivity (Wildman–Crippen MR) is 94.7 cm³/mol. The van der Waals surface area contributed by atoms with E-state index >= 15 is 0 Å². The number of aromatic nitrogens is 2. The second-order valence-corrected chi connectivity index (χ2v) is 5.16. The molecule has 2 rings (SSSR count). The van der Waals surface area contributed by atoms with E-state index in [1.165, 1.54) is 0 Å². The molecule has 0 bridgehead atoms. The molecule has 3 N–H and O–H groups in total. The lowest BCUT2D eigenvalue weighted by molar-refractivity contribution is 0.0955. The van der Waals surface area contributed by atoms with Crippen LogP contribution in [-0.4, -0.2) is 42.6 Å². The molecule has 0 aliphatic rings. The summed E-state index contributed by atoms with van der Waals surface area (Å²) >= 11 is 0. The predicted octanol–water partition coefficient (Wildman–Crippen LogP) is 2.07. The molecule has 0 fully saturated rings. The van der Waals surface area contributed by atoms with Gasteiger partial charge in [-0.2, -0.15) is 4.98 Å². The number of nitrogens with zero attached hydrogens (tertiary/aromatic N) is 2. The maximum atomic E-state index is 12.1. The van der Waals surface area contributed by atoms with Gasteiger partial charge >= 0.3 is 0 Å². The number of amides is 1. The van der Waals surface area contributed by atoms with Gasteiger partial charge in [-0.1, -0.05) is 6.07 Å². The third-order valence-corrected chi connectivity index (χ3v) is 3.24. The van der Waals surface area contributed by atoms with E-state index in [4.69, 9.17) is 4.74 Å². The molecule has 0 aliphatic heterocycles. The van der Waals surface area contributed by atoms with Gasteiger partial charge in [0.15, 0.2) is 0 Å². The summed E-state index contributed by atoms with van der Waals surface area (Å²) in [6.07, 6.45) is 0. The molecule has 2 aromatic rings. The maximum Gasteiger partial charge on any atom is 0.251 e. The highest BCUT2D eigenvalue weighted by Crippen LogP contribution is 2.12. The van der Waals surface area contributed by atoms with E-state index in [-0.39, 0.29) is 5.91 Å². The Hall–Kier alpha value is -2.83. The average molecular weight is 329 g/mol. The second kappa shape index (κ2) is 8.71. The normalized spacial score (nSPS) is 10.1. The van der Waals surface area contributed by atoms with Crippen molar-refractivity contribution in [3.8, 4) is 5.75 Å². The number of rotatable bonds is 8. The molecule has 0 atom stereocenters. The molecular weight excluding hydrogens is 306 g/mol. The van der Waals surface area contributed by atoms with Crippen LogP contribution in [0.4, 0.5) is 11.8 Å². The minimum absolute atomic E-state index is 0.136. The molecule has 24 heavy (non-hydrogen) atoms. The zero-order chi connectivity index (χ0) is 17.4. The van der Waals surface area contributed by atoms with Gasteiger partial charge in [0, 0.05) is 37.0 Å². The lowest BCUT2D eigenvalue weighted by Gasteiger charge is -2.10. The molecule has 0 radical (unpaired) electrons. The fourth-order valence-electron chi connectivity index (χ4n) is 2.13. The molecule has 1 amide bonds. The first-order valence-electron chi connectivity index (χ1n) is 7.88. The van der Waals surface area contributed by atoms with Crippen LogP contribution in [-0.2, 0) is 0 Å². The number of nitrogens with one attached hydrogen (secondary N) is 3. The first kappa shape index (κ1) is 17.5. The molecule has 0 saturated carbocycles. The molecule has 1 aromatic carbocycles. The Labute approximate surface area is 141 Å². The van der Waals surface area contributed by atoms with Crippen LogP contribution in [0.25, 0.3) is 0 Å². The van der Waals surface area contributed by atoms with Crippen LogP contribution in [0.15, 0.2) is 30.3 Å². The smallest absolute Gasteiger partial charge is 0.251 e. The SMILES string of the molecule is CCNc1nc(C)cc(NCCNC(=O)c2cccc(OC)c2)n1. The Bertz CT molecular complexity index is 690. The number of hydrogen-bond donors (Lipinski definition) is 3. The highest BCUT2D eigenvalue weighted by atomic mass is 16.5. The minimum Gasteiger partial charge on any atom is -0.497 e. The van der Waals surface area contributed by atoms with Crippen molar-refractivity contribution in [1.82, 2.24) is 15.3 Å². The van der Waals surface area contributed by atoms with Crippen LogP contribution in [0.3, 0.4) is 0 Å². The van der Waals surface area contributed by atoms with E-state index in [9.17, 15) is 4.79 Å². The summed E-state index contributed by atoms with van der Waals surface area (Å²) in [6.45, 7) is 5.72. The van der Waals surface area contributed by atoms with Gasteiger partial charge in [-0.05, 0) is 32.0 Å². The number of aryl methyl sites for hydroxylation is 1. The number of carbonyl (C=O) groups is 1. The van der Waals surface area contributed by atoms with E-state index in [0.717, 1.165) is 18.1 Å². The van der Waals surface area contributed by atoms with Gasteiger partial charge in [0.25, 0.3) is 5.91 Å². The summed E-state index contributed by atoms with van der Waals surface area (Å²) in [6, 6.07) is 8.92. The van der Waals surface area contributed by atoms with E-state index in [1.807, 2.05) is 19.9 Å². The lowest BCUT2D eigenvalue weighted by atomic mass is 10.2. The highest BCUT2D eigenvalue weighted by Gasteiger charge is 2.06. The third kappa shape index (κ3) is 5.12. The molecule has 7 nitrogen and oxygen atoms in total. The summed E-state index contributed by atoms with van der Waals surface area (Å²) in [5.41, 5.74) is 1.45. The van der Waals surface area contributed by atoms with E-state index in [1.54, 1.807) is 31.4 Å². The molecule has 0 unspecified atom stereocenters. The molecular formula is C17H23N5O2. The Morgan fingerprint density at radius 2 is 2.00 bits per heavy atom. The molecule has 0 spiro atoms. The van der Waals surface area contributed by atoms with Crippen molar-refractivity contribution >= 4 is 17.7 Å². The van der Waals surface area contributed by atoms with Gasteiger partial charge in [0.1, 0.15) is 11.6 Å². The van der Waals surface area contributed by atoms with Crippen molar-refractivity contribution < 1.29 is 9.53 Å². The van der Waals surface area contributed by atoms with Gasteiger partial charge in [-0.25, -0.2) is 4.98 Å². The number of hydrogen-bond acceptors (Lipinski definition) is 6. The quantitative estimate of drug-likeness (QED) is 0.643. The minimum atomic E-state index is -0.136. The molecule has 0 aliphatic carbocycles. The molecule has 128 valence electrons. The van der Waals surface area contributed by atoms with Crippen molar-refractivity contribution in [2.45, 2.75) is 13.8 Å². The topological polar surface area (TPSA) is 88.2 Å². The Morgan fingerprint density at radius 1 is 1.17 bits per heavy atom. The number of methoxy groups -OCH3 is 1. The summed E-state index contributed by atoms with van der Waals surface area (Å²) in [5, 5.41) is 9.13. The Morgan fingerprint density at radius 3 is 2.75 bits per heavy atom. The highest BCUT2D eigenvalue weighted by molar-refractivity contribution is 5.94. The lowest BCUT2D eigenvalue weighted by Crippen LogP contribution is -2.29. The maximum absolute atomic E-state index is 12.1. The van der Waals surface area contributed by atoms with Gasteiger partial charge in [0.2, 0.25) is 5.95 Å². The van der Waals surface area contributed by atoms with Crippen molar-refractivity contribution in [2.24, 2.45) is 0 Å². The van der Waals surface area contributed by atoms with Crippen molar-refractivity contribution in [3.05, 3.63) is 41.6 Å². The van der Waals surface area contributed by atoms with Gasteiger partial charge in [0.05, 0.1) is 7.11 Å². The molecule has 1 aromatic heterocycles. The first-order valence-corrected chi connectivity index (χ1v) is 7.88.